The Labute approximate surface area is 202 Å². The van der Waals surface area contributed by atoms with Crippen LogP contribution in [0.5, 0.6) is 11.5 Å². The van der Waals surface area contributed by atoms with E-state index in [9.17, 15) is 5.11 Å². The number of nitrogens with zero attached hydrogens (tertiary/aromatic N) is 1. The molecule has 1 saturated heterocycles. The van der Waals surface area contributed by atoms with E-state index in [2.05, 4.69) is 22.4 Å². The maximum Gasteiger partial charge on any atom is 0.119 e. The zero-order valence-corrected chi connectivity index (χ0v) is 19.8. The Hall–Kier alpha value is -2.93. The fourth-order valence-electron chi connectivity index (χ4n) is 3.75. The molecule has 3 aromatic carbocycles. The van der Waals surface area contributed by atoms with E-state index < -0.39 is 5.60 Å². The van der Waals surface area contributed by atoms with Gasteiger partial charge in [-0.1, -0.05) is 60.7 Å². The van der Waals surface area contributed by atoms with Crippen LogP contribution in [0.3, 0.4) is 0 Å². The summed E-state index contributed by atoms with van der Waals surface area (Å²) in [5.41, 5.74) is 2.87. The van der Waals surface area contributed by atoms with Crippen molar-refractivity contribution >= 4 is 23.4 Å². The minimum Gasteiger partial charge on any atom is -0.497 e. The smallest absolute Gasteiger partial charge is 0.119 e. The molecule has 1 heterocycles. The van der Waals surface area contributed by atoms with Crippen LogP contribution >= 0.6 is 12.2 Å². The molecule has 0 bridgehead atoms. The van der Waals surface area contributed by atoms with Crippen molar-refractivity contribution in [3.8, 4) is 11.5 Å². The van der Waals surface area contributed by atoms with E-state index >= 15 is 0 Å². The van der Waals surface area contributed by atoms with Gasteiger partial charge in [0.25, 0.3) is 0 Å². The molecule has 0 aromatic heterocycles. The summed E-state index contributed by atoms with van der Waals surface area (Å²) in [6.45, 7) is 3.29. The number of thiocarbonyl (C=S) groups is 1. The Balaban J connectivity index is 0.000000286. The van der Waals surface area contributed by atoms with Gasteiger partial charge in [-0.15, -0.1) is 0 Å². The maximum atomic E-state index is 10.8. The minimum absolute atomic E-state index is 0.649. The molecule has 0 unspecified atom stereocenters. The lowest BCUT2D eigenvalue weighted by molar-refractivity contribution is -0.0278. The molecule has 33 heavy (non-hydrogen) atoms. The fraction of sp³-hybridized carbons (Fsp3) is 0.296. The van der Waals surface area contributed by atoms with E-state index in [0.717, 1.165) is 55.2 Å². The van der Waals surface area contributed by atoms with Crippen LogP contribution in [0.25, 0.3) is 0 Å². The first-order valence-electron chi connectivity index (χ1n) is 11.2. The number of anilines is 1. The normalized spacial score (nSPS) is 15.0. The van der Waals surface area contributed by atoms with Gasteiger partial charge in [0.2, 0.25) is 0 Å². The summed E-state index contributed by atoms with van der Waals surface area (Å²) in [5, 5.41) is 13.7. The first-order chi connectivity index (χ1) is 16.1. The van der Waals surface area contributed by atoms with Crippen LogP contribution in [0.1, 0.15) is 18.4 Å². The van der Waals surface area contributed by atoms with Crippen molar-refractivity contribution in [1.82, 2.24) is 4.90 Å². The Morgan fingerprint density at radius 1 is 0.909 bits per heavy atom. The van der Waals surface area contributed by atoms with Crippen molar-refractivity contribution in [2.24, 2.45) is 0 Å². The molecule has 4 rings (SSSR count). The number of ether oxygens (including phenoxy) is 2. The zero-order valence-electron chi connectivity index (χ0n) is 19.0. The van der Waals surface area contributed by atoms with Crippen molar-refractivity contribution in [3.63, 3.8) is 0 Å². The summed E-state index contributed by atoms with van der Waals surface area (Å²) >= 11 is 4.60. The summed E-state index contributed by atoms with van der Waals surface area (Å²) in [7, 11) is 1.66. The molecule has 1 fully saturated rings. The van der Waals surface area contributed by atoms with Gasteiger partial charge >= 0.3 is 0 Å². The second-order valence-corrected chi connectivity index (χ2v) is 8.13. The van der Waals surface area contributed by atoms with E-state index in [4.69, 9.17) is 9.47 Å². The number of aliphatic hydroxyl groups is 1. The molecule has 0 radical (unpaired) electrons. The van der Waals surface area contributed by atoms with E-state index in [1.165, 1.54) is 5.49 Å². The molecule has 1 aliphatic rings. The van der Waals surface area contributed by atoms with Gasteiger partial charge in [-0.2, -0.15) is 0 Å². The fourth-order valence-corrected chi connectivity index (χ4v) is 3.89. The van der Waals surface area contributed by atoms with Crippen LogP contribution in [0.2, 0.25) is 0 Å². The van der Waals surface area contributed by atoms with Crippen LogP contribution in [0.4, 0.5) is 5.69 Å². The number of para-hydroxylation sites is 1. The monoisotopic (exact) mass is 464 g/mol. The molecule has 0 atom stereocenters. The van der Waals surface area contributed by atoms with Gasteiger partial charge in [0.1, 0.15) is 18.1 Å². The van der Waals surface area contributed by atoms with E-state index in [1.807, 2.05) is 84.9 Å². The van der Waals surface area contributed by atoms with Crippen molar-refractivity contribution in [2.45, 2.75) is 18.4 Å². The number of hydrogen-bond donors (Lipinski definition) is 2. The minimum atomic E-state index is -0.686. The predicted molar refractivity (Wildman–Crippen MR) is 138 cm³/mol. The Kier molecular flexibility index (Phi) is 9.69. The molecule has 2 N–H and O–H groups in total. The molecule has 3 aromatic rings. The Morgan fingerprint density at radius 3 is 2.06 bits per heavy atom. The first kappa shape index (κ1) is 24.7. The van der Waals surface area contributed by atoms with Gasteiger partial charge in [0.15, 0.2) is 0 Å². The highest BCUT2D eigenvalue weighted by atomic mass is 32.1. The molecule has 0 aliphatic carbocycles. The number of hydrogen-bond acceptors (Lipinski definition) is 5. The van der Waals surface area contributed by atoms with Crippen LogP contribution in [-0.2, 0) is 5.60 Å². The number of piperidine rings is 1. The van der Waals surface area contributed by atoms with Crippen LogP contribution in [-0.4, -0.2) is 48.8 Å². The SMILES string of the molecule is COc1ccc(OCCN2CCC(O)(c3ccccc3)CC2)cc1.S=CNc1ccccc1. The van der Waals surface area contributed by atoms with Gasteiger partial charge < -0.3 is 19.9 Å². The lowest BCUT2D eigenvalue weighted by Gasteiger charge is -2.38. The summed E-state index contributed by atoms with van der Waals surface area (Å²) in [5.74, 6) is 1.69. The Bertz CT molecular complexity index is 944. The number of benzene rings is 3. The molecule has 6 heteroatoms. The van der Waals surface area contributed by atoms with Gasteiger partial charge in [-0.05, 0) is 54.8 Å². The van der Waals surface area contributed by atoms with E-state index in [-0.39, 0.29) is 0 Å². The molecular weight excluding hydrogens is 432 g/mol. The van der Waals surface area contributed by atoms with Crippen molar-refractivity contribution in [2.75, 3.05) is 38.7 Å². The average Bonchev–Trinajstić information content (AvgIpc) is 2.88. The van der Waals surface area contributed by atoms with Gasteiger partial charge in [-0.3, -0.25) is 4.90 Å². The predicted octanol–water partition coefficient (Wildman–Crippen LogP) is 5.11. The third-order valence-corrected chi connectivity index (χ3v) is 5.85. The van der Waals surface area contributed by atoms with Crippen molar-refractivity contribution in [3.05, 3.63) is 90.5 Å². The summed E-state index contributed by atoms with van der Waals surface area (Å²) in [4.78, 5) is 2.35. The summed E-state index contributed by atoms with van der Waals surface area (Å²) in [6.07, 6.45) is 1.53. The molecule has 1 aliphatic heterocycles. The van der Waals surface area contributed by atoms with E-state index in [1.54, 1.807) is 7.11 Å². The molecule has 0 amide bonds. The largest absolute Gasteiger partial charge is 0.497 e. The van der Waals surface area contributed by atoms with Crippen LogP contribution in [0, 0.1) is 0 Å². The standard InChI is InChI=1S/C20H25NO3.C7H7NS/c1-23-18-7-9-19(10-8-18)24-16-15-21-13-11-20(22,12-14-21)17-5-3-2-4-6-17;9-6-8-7-4-2-1-3-5-7/h2-10,22H,11-16H2,1H3;1-6H,(H,8,9). The topological polar surface area (TPSA) is 54.0 Å². The van der Waals surface area contributed by atoms with Crippen LogP contribution < -0.4 is 14.8 Å². The lowest BCUT2D eigenvalue weighted by atomic mass is 9.84. The number of nitrogens with one attached hydrogen (secondary N) is 1. The second-order valence-electron chi connectivity index (χ2n) is 7.89. The highest BCUT2D eigenvalue weighted by Crippen LogP contribution is 2.32. The van der Waals surface area contributed by atoms with E-state index in [0.29, 0.717) is 6.61 Å². The number of rotatable bonds is 8. The molecule has 5 nitrogen and oxygen atoms in total. The first-order valence-corrected chi connectivity index (χ1v) is 11.6. The molecule has 0 spiro atoms. The molecule has 174 valence electrons. The lowest BCUT2D eigenvalue weighted by Crippen LogP contribution is -2.43. The summed E-state index contributed by atoms with van der Waals surface area (Å²) < 4.78 is 10.9. The molecule has 0 saturated carbocycles. The number of likely N-dealkylation sites (tertiary alicyclic amines) is 1. The highest BCUT2D eigenvalue weighted by molar-refractivity contribution is 7.79. The summed E-state index contributed by atoms with van der Waals surface area (Å²) in [6, 6.07) is 27.4. The third kappa shape index (κ3) is 7.86. The zero-order chi connectivity index (χ0) is 23.4. The van der Waals surface area contributed by atoms with Gasteiger partial charge in [0, 0.05) is 25.3 Å². The average molecular weight is 465 g/mol. The van der Waals surface area contributed by atoms with Gasteiger partial charge in [0.05, 0.1) is 18.2 Å². The quantitative estimate of drug-likeness (QED) is 0.452. The second kappa shape index (κ2) is 12.9. The van der Waals surface area contributed by atoms with Crippen molar-refractivity contribution in [1.29, 1.82) is 0 Å². The van der Waals surface area contributed by atoms with Gasteiger partial charge in [-0.25, -0.2) is 0 Å². The highest BCUT2D eigenvalue weighted by Gasteiger charge is 2.33. The van der Waals surface area contributed by atoms with Crippen molar-refractivity contribution < 1.29 is 14.6 Å². The maximum absolute atomic E-state index is 10.8. The Morgan fingerprint density at radius 2 is 1.48 bits per heavy atom. The van der Waals surface area contributed by atoms with Crippen LogP contribution in [0.15, 0.2) is 84.9 Å². The number of methoxy groups -OCH3 is 1. The third-order valence-electron chi connectivity index (χ3n) is 5.73. The molecular formula is C27H32N2O3S.